The zero-order valence-corrected chi connectivity index (χ0v) is 11.7. The SMILES string of the molecule is CS(=O)(=O)CCCC(N)c1cccc2cccnc12. The molecule has 1 atom stereocenters. The topological polar surface area (TPSA) is 73.0 Å². The van der Waals surface area contributed by atoms with Gasteiger partial charge in [0.1, 0.15) is 9.84 Å². The summed E-state index contributed by atoms with van der Waals surface area (Å²) in [6, 6.07) is 9.61. The Morgan fingerprint density at radius 2 is 2.00 bits per heavy atom. The first-order valence-corrected chi connectivity index (χ1v) is 8.30. The van der Waals surface area contributed by atoms with E-state index in [1.807, 2.05) is 30.3 Å². The van der Waals surface area contributed by atoms with E-state index in [0.29, 0.717) is 12.8 Å². The predicted molar refractivity (Wildman–Crippen MR) is 77.6 cm³/mol. The van der Waals surface area contributed by atoms with Crippen molar-refractivity contribution in [3.63, 3.8) is 0 Å². The van der Waals surface area contributed by atoms with E-state index in [0.717, 1.165) is 16.5 Å². The maximum absolute atomic E-state index is 11.1. The monoisotopic (exact) mass is 278 g/mol. The average Bonchev–Trinajstić information content (AvgIpc) is 2.36. The quantitative estimate of drug-likeness (QED) is 0.908. The van der Waals surface area contributed by atoms with E-state index >= 15 is 0 Å². The third-order valence-corrected chi connectivity index (χ3v) is 4.12. The number of fused-ring (bicyclic) bond motifs is 1. The molecule has 19 heavy (non-hydrogen) atoms. The first-order chi connectivity index (χ1) is 8.97. The first-order valence-electron chi connectivity index (χ1n) is 6.24. The summed E-state index contributed by atoms with van der Waals surface area (Å²) in [7, 11) is -2.92. The maximum Gasteiger partial charge on any atom is 0.147 e. The second kappa shape index (κ2) is 5.67. The van der Waals surface area contributed by atoms with Crippen LogP contribution in [0.25, 0.3) is 10.9 Å². The van der Waals surface area contributed by atoms with Crippen LogP contribution >= 0.6 is 0 Å². The Kier molecular flexibility index (Phi) is 4.17. The van der Waals surface area contributed by atoms with Crippen LogP contribution in [0.2, 0.25) is 0 Å². The molecule has 102 valence electrons. The maximum atomic E-state index is 11.1. The van der Waals surface area contributed by atoms with Gasteiger partial charge in [-0.25, -0.2) is 8.42 Å². The van der Waals surface area contributed by atoms with Crippen LogP contribution < -0.4 is 5.73 Å². The van der Waals surface area contributed by atoms with Gasteiger partial charge in [0.15, 0.2) is 0 Å². The van der Waals surface area contributed by atoms with E-state index in [-0.39, 0.29) is 11.8 Å². The lowest BCUT2D eigenvalue weighted by Gasteiger charge is -2.13. The van der Waals surface area contributed by atoms with E-state index in [1.165, 1.54) is 6.26 Å². The summed E-state index contributed by atoms with van der Waals surface area (Å²) in [4.78, 5) is 4.36. The number of benzene rings is 1. The first kappa shape index (κ1) is 14.0. The van der Waals surface area contributed by atoms with Crippen molar-refractivity contribution in [2.45, 2.75) is 18.9 Å². The van der Waals surface area contributed by atoms with Crippen LogP contribution in [0, 0.1) is 0 Å². The van der Waals surface area contributed by atoms with Crippen molar-refractivity contribution in [1.29, 1.82) is 0 Å². The van der Waals surface area contributed by atoms with E-state index in [4.69, 9.17) is 5.73 Å². The van der Waals surface area contributed by atoms with Crippen molar-refractivity contribution in [2.75, 3.05) is 12.0 Å². The van der Waals surface area contributed by atoms with Crippen LogP contribution in [-0.2, 0) is 9.84 Å². The number of aromatic nitrogens is 1. The van der Waals surface area contributed by atoms with Gasteiger partial charge in [-0.1, -0.05) is 24.3 Å². The summed E-state index contributed by atoms with van der Waals surface area (Å²) in [6.07, 6.45) is 4.21. The van der Waals surface area contributed by atoms with Crippen LogP contribution in [0.5, 0.6) is 0 Å². The normalized spacial score (nSPS) is 13.6. The molecule has 0 aliphatic rings. The van der Waals surface area contributed by atoms with Crippen LogP contribution in [0.4, 0.5) is 0 Å². The lowest BCUT2D eigenvalue weighted by atomic mass is 10.00. The highest BCUT2D eigenvalue weighted by Crippen LogP contribution is 2.23. The van der Waals surface area contributed by atoms with Crippen molar-refractivity contribution < 1.29 is 8.42 Å². The number of nitrogens with two attached hydrogens (primary N) is 1. The van der Waals surface area contributed by atoms with E-state index in [2.05, 4.69) is 4.98 Å². The van der Waals surface area contributed by atoms with Gasteiger partial charge in [-0.15, -0.1) is 0 Å². The van der Waals surface area contributed by atoms with Gasteiger partial charge in [0.25, 0.3) is 0 Å². The Morgan fingerprint density at radius 1 is 1.26 bits per heavy atom. The minimum absolute atomic E-state index is 0.179. The van der Waals surface area contributed by atoms with Crippen molar-refractivity contribution in [3.8, 4) is 0 Å². The van der Waals surface area contributed by atoms with Crippen molar-refractivity contribution >= 4 is 20.7 Å². The van der Waals surface area contributed by atoms with Gasteiger partial charge in [-0.05, 0) is 24.5 Å². The van der Waals surface area contributed by atoms with Gasteiger partial charge >= 0.3 is 0 Å². The average molecular weight is 278 g/mol. The number of pyridine rings is 1. The predicted octanol–water partition coefficient (Wildman–Crippen LogP) is 2.06. The van der Waals surface area contributed by atoms with Gasteiger partial charge in [0.2, 0.25) is 0 Å². The summed E-state index contributed by atoms with van der Waals surface area (Å²) in [5, 5.41) is 1.05. The molecule has 0 fully saturated rings. The molecule has 1 heterocycles. The van der Waals surface area contributed by atoms with Gasteiger partial charge in [-0.2, -0.15) is 0 Å². The smallest absolute Gasteiger partial charge is 0.147 e. The molecular formula is C14H18N2O2S. The lowest BCUT2D eigenvalue weighted by Crippen LogP contribution is -2.13. The minimum Gasteiger partial charge on any atom is -0.324 e. The Balaban J connectivity index is 2.15. The van der Waals surface area contributed by atoms with Gasteiger partial charge in [-0.3, -0.25) is 4.98 Å². The van der Waals surface area contributed by atoms with E-state index in [1.54, 1.807) is 6.20 Å². The van der Waals surface area contributed by atoms with E-state index < -0.39 is 9.84 Å². The number of hydrogen-bond donors (Lipinski definition) is 1. The molecule has 0 spiro atoms. The Hall–Kier alpha value is -1.46. The largest absolute Gasteiger partial charge is 0.324 e. The van der Waals surface area contributed by atoms with Crippen molar-refractivity contribution in [1.82, 2.24) is 4.98 Å². The molecule has 5 heteroatoms. The van der Waals surface area contributed by atoms with Crippen LogP contribution in [-0.4, -0.2) is 25.4 Å². The highest BCUT2D eigenvalue weighted by molar-refractivity contribution is 7.90. The minimum atomic E-state index is -2.92. The Morgan fingerprint density at radius 3 is 2.74 bits per heavy atom. The van der Waals surface area contributed by atoms with Crippen LogP contribution in [0.15, 0.2) is 36.5 Å². The molecule has 0 bridgehead atoms. The van der Waals surface area contributed by atoms with Crippen molar-refractivity contribution in [3.05, 3.63) is 42.1 Å². The second-order valence-electron chi connectivity index (χ2n) is 4.80. The summed E-state index contributed by atoms with van der Waals surface area (Å²) in [5.41, 5.74) is 8.03. The molecular weight excluding hydrogens is 260 g/mol. The highest BCUT2D eigenvalue weighted by atomic mass is 32.2. The third-order valence-electron chi connectivity index (χ3n) is 3.09. The summed E-state index contributed by atoms with van der Waals surface area (Å²) >= 11 is 0. The zero-order chi connectivity index (χ0) is 13.9. The summed E-state index contributed by atoms with van der Waals surface area (Å²) < 4.78 is 22.2. The molecule has 0 aliphatic heterocycles. The molecule has 1 aromatic carbocycles. The van der Waals surface area contributed by atoms with Gasteiger partial charge < -0.3 is 5.73 Å². The number of sulfone groups is 1. The standard InChI is InChI=1S/C14H18N2O2S/c1-19(17,18)10-4-8-13(15)12-7-2-5-11-6-3-9-16-14(11)12/h2-3,5-7,9,13H,4,8,10,15H2,1H3. The van der Waals surface area contributed by atoms with E-state index in [9.17, 15) is 8.42 Å². The molecule has 1 unspecified atom stereocenters. The number of para-hydroxylation sites is 1. The van der Waals surface area contributed by atoms with Crippen LogP contribution in [0.3, 0.4) is 0 Å². The zero-order valence-electron chi connectivity index (χ0n) is 10.9. The van der Waals surface area contributed by atoms with Gasteiger partial charge in [0.05, 0.1) is 5.52 Å². The lowest BCUT2D eigenvalue weighted by molar-refractivity contribution is 0.588. The molecule has 2 aromatic rings. The molecule has 0 radical (unpaired) electrons. The summed E-state index contributed by atoms with van der Waals surface area (Å²) in [5.74, 6) is 0.179. The number of nitrogens with zero attached hydrogens (tertiary/aromatic N) is 1. The Bertz CT molecular complexity index is 663. The number of rotatable bonds is 5. The highest BCUT2D eigenvalue weighted by Gasteiger charge is 2.11. The third kappa shape index (κ3) is 3.75. The molecule has 0 aliphatic carbocycles. The molecule has 2 N–H and O–H groups in total. The molecule has 2 rings (SSSR count). The van der Waals surface area contributed by atoms with Gasteiger partial charge in [0, 0.05) is 29.6 Å². The molecule has 4 nitrogen and oxygen atoms in total. The van der Waals surface area contributed by atoms with Crippen LogP contribution in [0.1, 0.15) is 24.4 Å². The Labute approximate surface area is 113 Å². The molecule has 0 amide bonds. The number of hydrogen-bond acceptors (Lipinski definition) is 4. The fourth-order valence-electron chi connectivity index (χ4n) is 2.15. The fourth-order valence-corrected chi connectivity index (χ4v) is 2.84. The fraction of sp³-hybridized carbons (Fsp3) is 0.357. The molecule has 0 saturated carbocycles. The van der Waals surface area contributed by atoms with Crippen molar-refractivity contribution in [2.24, 2.45) is 5.73 Å². The summed E-state index contributed by atoms with van der Waals surface area (Å²) in [6.45, 7) is 0. The molecule has 1 aromatic heterocycles. The molecule has 0 saturated heterocycles. The second-order valence-corrected chi connectivity index (χ2v) is 7.06.